The van der Waals surface area contributed by atoms with Gasteiger partial charge in [0.1, 0.15) is 0 Å². The summed E-state index contributed by atoms with van der Waals surface area (Å²) in [6, 6.07) is 3.40. The van der Waals surface area contributed by atoms with Gasteiger partial charge in [0.25, 0.3) is 5.91 Å². The number of likely N-dealkylation sites (tertiary alicyclic amines) is 2. The van der Waals surface area contributed by atoms with E-state index in [-0.39, 0.29) is 17.2 Å². The molecule has 0 unspecified atom stereocenters. The molecular weight excluding hydrogens is 326 g/mol. The number of nitrogens with zero attached hydrogens (tertiary/aromatic N) is 3. The van der Waals surface area contributed by atoms with Gasteiger partial charge in [0.05, 0.1) is 23.5 Å². The maximum Gasteiger partial charge on any atom is 0.289 e. The van der Waals surface area contributed by atoms with Crippen molar-refractivity contribution in [3.05, 3.63) is 40.2 Å². The second-order valence-electron chi connectivity index (χ2n) is 6.74. The summed E-state index contributed by atoms with van der Waals surface area (Å²) in [4.78, 5) is 33.0. The van der Waals surface area contributed by atoms with E-state index in [0.29, 0.717) is 38.4 Å². The predicted octanol–water partition coefficient (Wildman–Crippen LogP) is 2.31. The topological polar surface area (TPSA) is 66.7 Å². The molecule has 0 saturated carbocycles. The maximum atomic E-state index is 12.4. The molecule has 7 heteroatoms. The number of thiazole rings is 1. The molecule has 4 heterocycles. The van der Waals surface area contributed by atoms with Gasteiger partial charge in [-0.3, -0.25) is 9.59 Å². The predicted molar refractivity (Wildman–Crippen MR) is 88.5 cm³/mol. The van der Waals surface area contributed by atoms with E-state index in [1.807, 2.05) is 22.1 Å². The van der Waals surface area contributed by atoms with Crippen LogP contribution in [0.2, 0.25) is 0 Å². The Morgan fingerprint density at radius 2 is 2.33 bits per heavy atom. The van der Waals surface area contributed by atoms with E-state index in [9.17, 15) is 9.59 Å². The van der Waals surface area contributed by atoms with E-state index in [4.69, 9.17) is 4.42 Å². The van der Waals surface area contributed by atoms with Crippen LogP contribution in [0.1, 0.15) is 34.1 Å². The van der Waals surface area contributed by atoms with Crippen molar-refractivity contribution in [3.8, 4) is 0 Å². The SMILES string of the molecule is Cc1nc(CN2C[C@@]3(CCN(C(=O)c4ccco4)C3)CC2=O)cs1. The lowest BCUT2D eigenvalue weighted by atomic mass is 9.86. The van der Waals surface area contributed by atoms with Gasteiger partial charge in [-0.1, -0.05) is 0 Å². The zero-order valence-corrected chi connectivity index (χ0v) is 14.3. The van der Waals surface area contributed by atoms with E-state index in [1.54, 1.807) is 23.5 Å². The number of rotatable bonds is 3. The summed E-state index contributed by atoms with van der Waals surface area (Å²) in [7, 11) is 0. The Balaban J connectivity index is 1.43. The number of carbonyl (C=O) groups excluding carboxylic acids is 2. The Labute approximate surface area is 144 Å². The average Bonchev–Trinajstić information content (AvgIpc) is 3.30. The molecule has 4 rings (SSSR count). The van der Waals surface area contributed by atoms with E-state index in [2.05, 4.69) is 4.98 Å². The van der Waals surface area contributed by atoms with Gasteiger partial charge in [0, 0.05) is 36.9 Å². The van der Waals surface area contributed by atoms with Gasteiger partial charge in [-0.25, -0.2) is 4.98 Å². The number of hydrogen-bond acceptors (Lipinski definition) is 5. The maximum absolute atomic E-state index is 12.4. The first kappa shape index (κ1) is 15.4. The largest absolute Gasteiger partial charge is 0.459 e. The summed E-state index contributed by atoms with van der Waals surface area (Å²) in [6.45, 7) is 4.53. The fourth-order valence-corrected chi connectivity index (χ4v) is 4.34. The lowest BCUT2D eigenvalue weighted by molar-refractivity contribution is -0.128. The number of aromatic nitrogens is 1. The van der Waals surface area contributed by atoms with Crippen molar-refractivity contribution in [1.29, 1.82) is 0 Å². The smallest absolute Gasteiger partial charge is 0.289 e. The minimum atomic E-state index is -0.121. The molecular formula is C17H19N3O3S. The number of hydrogen-bond donors (Lipinski definition) is 0. The van der Waals surface area contributed by atoms with Gasteiger partial charge >= 0.3 is 0 Å². The highest BCUT2D eigenvalue weighted by Gasteiger charge is 2.48. The lowest BCUT2D eigenvalue weighted by Crippen LogP contribution is -2.34. The van der Waals surface area contributed by atoms with Gasteiger partial charge in [0.15, 0.2) is 5.76 Å². The second kappa shape index (κ2) is 5.73. The second-order valence-corrected chi connectivity index (χ2v) is 7.80. The van der Waals surface area contributed by atoms with Crippen molar-refractivity contribution < 1.29 is 14.0 Å². The molecule has 2 fully saturated rings. The van der Waals surface area contributed by atoms with Crippen molar-refractivity contribution in [1.82, 2.24) is 14.8 Å². The van der Waals surface area contributed by atoms with Crippen LogP contribution < -0.4 is 0 Å². The standard InChI is InChI=1S/C17H19N3O3S/c1-12-18-13(9-24-12)8-20-11-17(7-15(20)21)4-5-19(10-17)16(22)14-3-2-6-23-14/h2-3,6,9H,4-5,7-8,10-11H2,1H3/t17-/m0/s1. The van der Waals surface area contributed by atoms with Crippen molar-refractivity contribution in [3.63, 3.8) is 0 Å². The molecule has 0 aromatic carbocycles. The molecule has 0 bridgehead atoms. The number of aryl methyl sites for hydroxylation is 1. The van der Waals surface area contributed by atoms with Crippen molar-refractivity contribution in [2.75, 3.05) is 19.6 Å². The van der Waals surface area contributed by atoms with Gasteiger partial charge < -0.3 is 14.2 Å². The normalized spacial score (nSPS) is 23.6. The molecule has 2 aliphatic rings. The van der Waals surface area contributed by atoms with E-state index < -0.39 is 0 Å². The monoisotopic (exact) mass is 345 g/mol. The summed E-state index contributed by atoms with van der Waals surface area (Å²) in [5.41, 5.74) is 0.828. The number of amides is 2. The highest BCUT2D eigenvalue weighted by atomic mass is 32.1. The molecule has 0 aliphatic carbocycles. The first-order valence-electron chi connectivity index (χ1n) is 8.06. The molecule has 24 heavy (non-hydrogen) atoms. The third-order valence-electron chi connectivity index (χ3n) is 4.88. The third kappa shape index (κ3) is 2.73. The van der Waals surface area contributed by atoms with Crippen LogP contribution in [0, 0.1) is 12.3 Å². The van der Waals surface area contributed by atoms with E-state index in [1.165, 1.54) is 6.26 Å². The number of furan rings is 1. The molecule has 6 nitrogen and oxygen atoms in total. The summed E-state index contributed by atoms with van der Waals surface area (Å²) in [5, 5.41) is 3.03. The summed E-state index contributed by atoms with van der Waals surface area (Å²) in [6.07, 6.45) is 2.88. The highest BCUT2D eigenvalue weighted by Crippen LogP contribution is 2.41. The van der Waals surface area contributed by atoms with E-state index in [0.717, 1.165) is 17.1 Å². The zero-order valence-electron chi connectivity index (χ0n) is 13.5. The average molecular weight is 345 g/mol. The van der Waals surface area contributed by atoms with Crippen molar-refractivity contribution in [2.45, 2.75) is 26.3 Å². The summed E-state index contributed by atoms with van der Waals surface area (Å²) in [5.74, 6) is 0.442. The molecule has 2 aromatic heterocycles. The van der Waals surface area contributed by atoms with Crippen LogP contribution in [-0.4, -0.2) is 46.2 Å². The molecule has 1 atom stereocenters. The molecule has 1 spiro atoms. The highest BCUT2D eigenvalue weighted by molar-refractivity contribution is 7.09. The molecule has 0 radical (unpaired) electrons. The zero-order chi connectivity index (χ0) is 16.7. The van der Waals surface area contributed by atoms with Crippen LogP contribution in [0.25, 0.3) is 0 Å². The molecule has 0 N–H and O–H groups in total. The first-order valence-corrected chi connectivity index (χ1v) is 8.94. The Morgan fingerprint density at radius 1 is 1.46 bits per heavy atom. The quantitative estimate of drug-likeness (QED) is 0.856. The molecule has 2 aliphatic heterocycles. The Morgan fingerprint density at radius 3 is 3.04 bits per heavy atom. The van der Waals surface area contributed by atoms with Crippen LogP contribution in [0.3, 0.4) is 0 Å². The Hall–Kier alpha value is -2.15. The molecule has 126 valence electrons. The Kier molecular flexibility index (Phi) is 3.68. The van der Waals surface area contributed by atoms with Crippen molar-refractivity contribution in [2.24, 2.45) is 5.41 Å². The number of carbonyl (C=O) groups is 2. The molecule has 2 amide bonds. The van der Waals surface area contributed by atoms with Crippen LogP contribution >= 0.6 is 11.3 Å². The fraction of sp³-hybridized carbons (Fsp3) is 0.471. The van der Waals surface area contributed by atoms with Crippen LogP contribution in [0.5, 0.6) is 0 Å². The minimum absolute atomic E-state index is 0.0853. The van der Waals surface area contributed by atoms with Gasteiger partial charge in [0.2, 0.25) is 5.91 Å². The third-order valence-corrected chi connectivity index (χ3v) is 5.70. The summed E-state index contributed by atoms with van der Waals surface area (Å²) < 4.78 is 5.21. The van der Waals surface area contributed by atoms with Gasteiger partial charge in [-0.05, 0) is 25.5 Å². The minimum Gasteiger partial charge on any atom is -0.459 e. The van der Waals surface area contributed by atoms with Crippen LogP contribution in [0.15, 0.2) is 28.2 Å². The van der Waals surface area contributed by atoms with Gasteiger partial charge in [-0.2, -0.15) is 0 Å². The van der Waals surface area contributed by atoms with Crippen LogP contribution in [0.4, 0.5) is 0 Å². The van der Waals surface area contributed by atoms with Crippen LogP contribution in [-0.2, 0) is 11.3 Å². The van der Waals surface area contributed by atoms with Crippen molar-refractivity contribution >= 4 is 23.2 Å². The van der Waals surface area contributed by atoms with E-state index >= 15 is 0 Å². The summed E-state index contributed by atoms with van der Waals surface area (Å²) >= 11 is 1.60. The lowest BCUT2D eigenvalue weighted by Gasteiger charge is -2.23. The molecule has 2 saturated heterocycles. The van der Waals surface area contributed by atoms with Gasteiger partial charge in [-0.15, -0.1) is 11.3 Å². The molecule has 2 aromatic rings. The Bertz CT molecular complexity index is 770. The first-order chi connectivity index (χ1) is 11.5. The fourth-order valence-electron chi connectivity index (χ4n) is 3.74.